The second kappa shape index (κ2) is 14.1. The Kier molecular flexibility index (Phi) is 10.1. The van der Waals surface area contributed by atoms with Gasteiger partial charge >= 0.3 is 6.09 Å². The predicted molar refractivity (Wildman–Crippen MR) is 147 cm³/mol. The molecule has 0 bridgehead atoms. The predicted octanol–water partition coefficient (Wildman–Crippen LogP) is 4.14. The molecular weight excluding hydrogens is 494 g/mol. The third-order valence-corrected chi connectivity index (χ3v) is 7.02. The van der Waals surface area contributed by atoms with E-state index in [1.54, 1.807) is 6.20 Å². The van der Waals surface area contributed by atoms with Gasteiger partial charge in [-0.05, 0) is 36.3 Å². The Morgan fingerprint density at radius 2 is 1.77 bits per heavy atom. The van der Waals surface area contributed by atoms with Crippen LogP contribution in [0.5, 0.6) is 0 Å². The summed E-state index contributed by atoms with van der Waals surface area (Å²) >= 11 is 0. The van der Waals surface area contributed by atoms with Crippen LogP contribution < -0.4 is 10.6 Å². The second-order valence-electron chi connectivity index (χ2n) is 9.95. The van der Waals surface area contributed by atoms with E-state index >= 15 is 0 Å². The van der Waals surface area contributed by atoms with Gasteiger partial charge in [0.05, 0.1) is 18.9 Å². The summed E-state index contributed by atoms with van der Waals surface area (Å²) in [6, 6.07) is 18.3. The number of aromatic nitrogens is 2. The molecule has 39 heavy (non-hydrogen) atoms. The monoisotopic (exact) mass is 531 g/mol. The summed E-state index contributed by atoms with van der Waals surface area (Å²) in [5, 5.41) is 5.89. The van der Waals surface area contributed by atoms with E-state index in [2.05, 4.69) is 20.6 Å². The lowest BCUT2D eigenvalue weighted by atomic mass is 9.77. The second-order valence-corrected chi connectivity index (χ2v) is 9.95. The maximum atomic E-state index is 13.7. The van der Waals surface area contributed by atoms with Crippen LogP contribution in [0.25, 0.3) is 0 Å². The van der Waals surface area contributed by atoms with Gasteiger partial charge in [0.2, 0.25) is 11.8 Å². The number of nitrogens with zero attached hydrogens (tertiary/aromatic N) is 2. The van der Waals surface area contributed by atoms with Gasteiger partial charge in [-0.15, -0.1) is 0 Å². The molecule has 3 aromatic rings. The van der Waals surface area contributed by atoms with Crippen LogP contribution in [0.3, 0.4) is 0 Å². The van der Waals surface area contributed by atoms with E-state index in [0.717, 1.165) is 30.4 Å². The minimum Gasteiger partial charge on any atom is -0.445 e. The highest BCUT2D eigenvalue weighted by molar-refractivity contribution is 5.90. The molecule has 0 radical (unpaired) electrons. The standard InChI is InChI=1S/C30H37N5O4/c1-2-16-35(19-27(36)34-28(24-14-9-15-24)23-12-7-4-8-13-23)29(37)26(17-25-18-31-21-32-25)33-30(38)39-20-22-10-5-3-6-11-22/h3-8,10-13,18,21,24,26,28H,2,9,14-17,19-20H2,1H3,(H,31,32)(H,33,38)(H,34,36). The number of ether oxygens (including phenoxy) is 1. The van der Waals surface area contributed by atoms with E-state index in [1.807, 2.05) is 67.6 Å². The average Bonchev–Trinajstić information content (AvgIpc) is 3.44. The molecule has 1 saturated carbocycles. The van der Waals surface area contributed by atoms with Crippen molar-refractivity contribution in [3.63, 3.8) is 0 Å². The number of alkyl carbamates (subject to hydrolysis) is 1. The van der Waals surface area contributed by atoms with Crippen molar-refractivity contribution in [2.75, 3.05) is 13.1 Å². The van der Waals surface area contributed by atoms with Crippen molar-refractivity contribution in [1.29, 1.82) is 0 Å². The van der Waals surface area contributed by atoms with Gasteiger partial charge in [-0.1, -0.05) is 74.0 Å². The number of benzene rings is 2. The summed E-state index contributed by atoms with van der Waals surface area (Å²) < 4.78 is 5.37. The Morgan fingerprint density at radius 3 is 2.38 bits per heavy atom. The van der Waals surface area contributed by atoms with Crippen LogP contribution in [-0.4, -0.2) is 51.9 Å². The lowest BCUT2D eigenvalue weighted by Crippen LogP contribution is -2.52. The molecule has 1 fully saturated rings. The number of hydrogen-bond donors (Lipinski definition) is 3. The molecule has 1 aliphatic rings. The molecule has 0 aliphatic heterocycles. The lowest BCUT2D eigenvalue weighted by molar-refractivity contribution is -0.138. The van der Waals surface area contributed by atoms with Crippen LogP contribution in [0.2, 0.25) is 0 Å². The topological polar surface area (TPSA) is 116 Å². The van der Waals surface area contributed by atoms with Crippen molar-refractivity contribution in [3.05, 3.63) is 90.0 Å². The Morgan fingerprint density at radius 1 is 1.05 bits per heavy atom. The van der Waals surface area contributed by atoms with Gasteiger partial charge in [-0.2, -0.15) is 0 Å². The molecule has 0 spiro atoms. The fourth-order valence-electron chi connectivity index (χ4n) is 4.78. The zero-order valence-electron chi connectivity index (χ0n) is 22.3. The van der Waals surface area contributed by atoms with Crippen LogP contribution in [0.15, 0.2) is 73.2 Å². The Labute approximate surface area is 229 Å². The number of carbonyl (C=O) groups is 3. The van der Waals surface area contributed by atoms with Gasteiger partial charge in [0, 0.05) is 24.9 Å². The number of H-pyrrole nitrogens is 1. The van der Waals surface area contributed by atoms with Gasteiger partial charge in [-0.25, -0.2) is 9.78 Å². The van der Waals surface area contributed by atoms with Crippen molar-refractivity contribution in [2.24, 2.45) is 5.92 Å². The first-order valence-corrected chi connectivity index (χ1v) is 13.6. The molecule has 2 atom stereocenters. The fraction of sp³-hybridized carbons (Fsp3) is 0.400. The highest BCUT2D eigenvalue weighted by Crippen LogP contribution is 2.37. The Balaban J connectivity index is 1.42. The molecule has 9 heteroatoms. The highest BCUT2D eigenvalue weighted by atomic mass is 16.5. The summed E-state index contributed by atoms with van der Waals surface area (Å²) in [6.45, 7) is 2.32. The van der Waals surface area contributed by atoms with Crippen LogP contribution in [0.1, 0.15) is 55.5 Å². The zero-order chi connectivity index (χ0) is 27.5. The van der Waals surface area contributed by atoms with Gasteiger partial charge < -0.3 is 25.3 Å². The highest BCUT2D eigenvalue weighted by Gasteiger charge is 2.32. The number of nitrogens with one attached hydrogen (secondary N) is 3. The molecule has 3 N–H and O–H groups in total. The summed E-state index contributed by atoms with van der Waals surface area (Å²) in [6.07, 6.45) is 6.58. The van der Waals surface area contributed by atoms with Gasteiger partial charge in [0.15, 0.2) is 0 Å². The quantitative estimate of drug-likeness (QED) is 0.307. The number of carbonyl (C=O) groups excluding carboxylic acids is 3. The summed E-state index contributed by atoms with van der Waals surface area (Å²) in [7, 11) is 0. The normalized spacial score (nSPS) is 14.5. The van der Waals surface area contributed by atoms with Crippen molar-refractivity contribution in [1.82, 2.24) is 25.5 Å². The molecule has 4 rings (SSSR count). The zero-order valence-corrected chi connectivity index (χ0v) is 22.3. The molecule has 1 heterocycles. The van der Waals surface area contributed by atoms with Crippen molar-refractivity contribution >= 4 is 17.9 Å². The summed E-state index contributed by atoms with van der Waals surface area (Å²) in [5.41, 5.74) is 2.60. The van der Waals surface area contributed by atoms with Gasteiger partial charge in [0.1, 0.15) is 12.6 Å². The van der Waals surface area contributed by atoms with E-state index < -0.39 is 12.1 Å². The fourth-order valence-corrected chi connectivity index (χ4v) is 4.78. The van der Waals surface area contributed by atoms with E-state index in [4.69, 9.17) is 4.74 Å². The first-order chi connectivity index (χ1) is 19.0. The molecule has 1 aliphatic carbocycles. The first-order valence-electron chi connectivity index (χ1n) is 13.6. The third kappa shape index (κ3) is 8.17. The van der Waals surface area contributed by atoms with Crippen molar-refractivity contribution < 1.29 is 19.1 Å². The van der Waals surface area contributed by atoms with Crippen LogP contribution >= 0.6 is 0 Å². The molecule has 3 amide bonds. The molecule has 2 unspecified atom stereocenters. The first kappa shape index (κ1) is 27.9. The number of aromatic amines is 1. The van der Waals surface area contributed by atoms with E-state index in [-0.39, 0.29) is 37.4 Å². The molecule has 1 aromatic heterocycles. The molecular formula is C30H37N5O4. The maximum absolute atomic E-state index is 13.7. The Bertz CT molecular complexity index is 1180. The van der Waals surface area contributed by atoms with Crippen LogP contribution in [0.4, 0.5) is 4.79 Å². The van der Waals surface area contributed by atoms with Crippen LogP contribution in [0, 0.1) is 5.92 Å². The number of imidazole rings is 1. The average molecular weight is 532 g/mol. The SMILES string of the molecule is CCCN(CC(=O)NC(c1ccccc1)C1CCC1)C(=O)C(Cc1cnc[nH]1)NC(=O)OCc1ccccc1. The molecule has 0 saturated heterocycles. The van der Waals surface area contributed by atoms with E-state index in [1.165, 1.54) is 11.2 Å². The van der Waals surface area contributed by atoms with E-state index in [9.17, 15) is 14.4 Å². The van der Waals surface area contributed by atoms with Crippen LogP contribution in [-0.2, 0) is 27.4 Å². The van der Waals surface area contributed by atoms with Gasteiger partial charge in [0.25, 0.3) is 0 Å². The molecule has 206 valence electrons. The summed E-state index contributed by atoms with van der Waals surface area (Å²) in [4.78, 5) is 48.1. The smallest absolute Gasteiger partial charge is 0.408 e. The number of rotatable bonds is 13. The van der Waals surface area contributed by atoms with E-state index in [0.29, 0.717) is 24.6 Å². The van der Waals surface area contributed by atoms with Gasteiger partial charge in [-0.3, -0.25) is 9.59 Å². The van der Waals surface area contributed by atoms with Crippen molar-refractivity contribution in [3.8, 4) is 0 Å². The van der Waals surface area contributed by atoms with Crippen molar-refractivity contribution in [2.45, 2.75) is 57.7 Å². The minimum absolute atomic E-state index is 0.0841. The lowest BCUT2D eigenvalue weighted by Gasteiger charge is -2.35. The minimum atomic E-state index is -0.926. The Hall–Kier alpha value is -4.14. The number of amides is 3. The largest absolute Gasteiger partial charge is 0.445 e. The third-order valence-electron chi connectivity index (χ3n) is 7.02. The maximum Gasteiger partial charge on any atom is 0.408 e. The molecule has 9 nitrogen and oxygen atoms in total. The summed E-state index contributed by atoms with van der Waals surface area (Å²) in [5.74, 6) is -0.177. The number of hydrogen-bond acceptors (Lipinski definition) is 5. The molecule has 2 aromatic carbocycles.